The van der Waals surface area contributed by atoms with Gasteiger partial charge in [-0.25, -0.2) is 4.79 Å². The Morgan fingerprint density at radius 3 is 2.42 bits per heavy atom. The topological polar surface area (TPSA) is 86.7 Å². The Bertz CT molecular complexity index is 283. The van der Waals surface area contributed by atoms with Gasteiger partial charge >= 0.3 is 6.09 Å². The highest BCUT2D eigenvalue weighted by Crippen LogP contribution is 2.15. The van der Waals surface area contributed by atoms with E-state index in [0.717, 1.165) is 4.31 Å². The van der Waals surface area contributed by atoms with Crippen LogP contribution in [-0.4, -0.2) is 43.1 Å². The normalized spacial score (nSPS) is 20.1. The zero-order valence-electron chi connectivity index (χ0n) is 5.90. The molecule has 0 bridgehead atoms. The van der Waals surface area contributed by atoms with Gasteiger partial charge in [-0.05, 0) is 0 Å². The van der Waals surface area contributed by atoms with E-state index >= 15 is 0 Å². The van der Waals surface area contributed by atoms with Crippen LogP contribution in [0.2, 0.25) is 0 Å². The first-order chi connectivity index (χ1) is 5.39. The fourth-order valence-corrected chi connectivity index (χ4v) is 1.94. The summed E-state index contributed by atoms with van der Waals surface area (Å²) in [5.41, 5.74) is 0. The highest BCUT2D eigenvalue weighted by Gasteiger charge is 2.35. The zero-order valence-corrected chi connectivity index (χ0v) is 7.47. The second-order valence-electron chi connectivity index (χ2n) is 2.41. The maximum absolute atomic E-state index is 10.6. The third-order valence-corrected chi connectivity index (χ3v) is 2.98. The van der Waals surface area contributed by atoms with E-state index in [1.54, 1.807) is 0 Å². The van der Waals surface area contributed by atoms with Gasteiger partial charge in [-0.1, -0.05) is 0 Å². The highest BCUT2D eigenvalue weighted by molar-refractivity contribution is 8.11. The maximum Gasteiger partial charge on any atom is 0.404 e. The van der Waals surface area contributed by atoms with Crippen molar-refractivity contribution in [2.24, 2.45) is 0 Å². The molecule has 1 amide bonds. The van der Waals surface area contributed by atoms with Crippen molar-refractivity contribution in [3.05, 3.63) is 0 Å². The lowest BCUT2D eigenvalue weighted by Crippen LogP contribution is -2.59. The molecule has 1 rings (SSSR count). The predicted octanol–water partition coefficient (Wildman–Crippen LogP) is -0.578. The molecule has 0 aromatic rings. The Morgan fingerprint density at radius 1 is 1.58 bits per heavy atom. The van der Waals surface area contributed by atoms with E-state index in [1.807, 2.05) is 0 Å². The fourth-order valence-electron chi connectivity index (χ4n) is 0.882. The Labute approximate surface area is 73.7 Å². The molecule has 0 spiro atoms. The van der Waals surface area contributed by atoms with Gasteiger partial charge < -0.3 is 10.4 Å². The van der Waals surface area contributed by atoms with Crippen LogP contribution in [0.1, 0.15) is 0 Å². The Kier molecular flexibility index (Phi) is 2.45. The molecule has 6 nitrogen and oxygen atoms in total. The monoisotopic (exact) mass is 214 g/mol. The van der Waals surface area contributed by atoms with Crippen molar-refractivity contribution in [1.29, 1.82) is 0 Å². The first-order valence-electron chi connectivity index (χ1n) is 3.09. The molecule has 70 valence electrons. The van der Waals surface area contributed by atoms with Crippen LogP contribution in [0.4, 0.5) is 4.79 Å². The molecule has 1 fully saturated rings. The van der Waals surface area contributed by atoms with Gasteiger partial charge in [-0.2, -0.15) is 12.7 Å². The average Bonchev–Trinajstić information content (AvgIpc) is 1.73. The van der Waals surface area contributed by atoms with E-state index in [2.05, 4.69) is 5.32 Å². The smallest absolute Gasteiger partial charge is 0.404 e. The number of hydrogen-bond acceptors (Lipinski definition) is 3. The summed E-state index contributed by atoms with van der Waals surface area (Å²) in [6.07, 6.45) is -1.16. The van der Waals surface area contributed by atoms with E-state index in [1.165, 1.54) is 0 Å². The fraction of sp³-hybridized carbons (Fsp3) is 0.750. The van der Waals surface area contributed by atoms with Crippen LogP contribution in [0.3, 0.4) is 0 Å². The van der Waals surface area contributed by atoms with Crippen LogP contribution in [-0.2, 0) is 9.24 Å². The van der Waals surface area contributed by atoms with E-state index in [0.29, 0.717) is 0 Å². The van der Waals surface area contributed by atoms with Gasteiger partial charge in [-0.3, -0.25) is 0 Å². The zero-order chi connectivity index (χ0) is 9.35. The summed E-state index contributed by atoms with van der Waals surface area (Å²) in [7, 11) is 1.30. The van der Waals surface area contributed by atoms with Gasteiger partial charge in [-0.15, -0.1) is 0 Å². The van der Waals surface area contributed by atoms with Crippen molar-refractivity contribution in [3.63, 3.8) is 0 Å². The number of carboxylic acid groups (broad SMARTS) is 1. The van der Waals surface area contributed by atoms with Crippen LogP contribution in [0, 0.1) is 0 Å². The first kappa shape index (κ1) is 9.56. The number of halogens is 1. The minimum absolute atomic E-state index is 0.109. The molecule has 12 heavy (non-hydrogen) atoms. The van der Waals surface area contributed by atoms with Crippen LogP contribution in [0.25, 0.3) is 0 Å². The standard InChI is InChI=1S/C4H7ClN2O4S/c5-12(10,11)7-1-3(2-7)6-4(8)9/h3,6H,1-2H2,(H,8,9). The van der Waals surface area contributed by atoms with E-state index in [9.17, 15) is 13.2 Å². The SMILES string of the molecule is O=C(O)NC1CN(S(=O)(=O)Cl)C1. The number of carbonyl (C=O) groups is 1. The van der Waals surface area contributed by atoms with Gasteiger partial charge in [0, 0.05) is 23.8 Å². The van der Waals surface area contributed by atoms with Crippen molar-refractivity contribution in [1.82, 2.24) is 9.62 Å². The summed E-state index contributed by atoms with van der Waals surface area (Å²) in [4.78, 5) is 10.0. The number of hydrogen-bond donors (Lipinski definition) is 2. The van der Waals surface area contributed by atoms with Crippen molar-refractivity contribution < 1.29 is 18.3 Å². The highest BCUT2D eigenvalue weighted by atomic mass is 35.7. The molecular formula is C4H7ClN2O4S. The van der Waals surface area contributed by atoms with Gasteiger partial charge in [0.15, 0.2) is 0 Å². The quantitative estimate of drug-likeness (QED) is 0.603. The van der Waals surface area contributed by atoms with Crippen molar-refractivity contribution >= 4 is 26.0 Å². The molecule has 2 N–H and O–H groups in total. The summed E-state index contributed by atoms with van der Waals surface area (Å²) >= 11 is 0. The van der Waals surface area contributed by atoms with Crippen LogP contribution in [0.5, 0.6) is 0 Å². The van der Waals surface area contributed by atoms with Crippen LogP contribution < -0.4 is 5.32 Å². The molecule has 0 aromatic carbocycles. The lowest BCUT2D eigenvalue weighted by atomic mass is 10.2. The average molecular weight is 215 g/mol. The minimum Gasteiger partial charge on any atom is -0.465 e. The molecule has 0 unspecified atom stereocenters. The van der Waals surface area contributed by atoms with Gasteiger partial charge in [0.25, 0.3) is 9.24 Å². The Balaban J connectivity index is 2.34. The molecule has 8 heteroatoms. The largest absolute Gasteiger partial charge is 0.465 e. The van der Waals surface area contributed by atoms with Gasteiger partial charge in [0.05, 0.1) is 6.04 Å². The van der Waals surface area contributed by atoms with Crippen molar-refractivity contribution in [3.8, 4) is 0 Å². The Morgan fingerprint density at radius 2 is 2.08 bits per heavy atom. The second kappa shape index (κ2) is 3.08. The summed E-state index contributed by atoms with van der Waals surface area (Å²) < 4.78 is 22.1. The molecule has 0 aliphatic carbocycles. The van der Waals surface area contributed by atoms with Gasteiger partial charge in [0.1, 0.15) is 0 Å². The lowest BCUT2D eigenvalue weighted by Gasteiger charge is -2.35. The lowest BCUT2D eigenvalue weighted by molar-refractivity contribution is 0.169. The maximum atomic E-state index is 10.6. The van der Waals surface area contributed by atoms with E-state index < -0.39 is 15.3 Å². The summed E-state index contributed by atoms with van der Waals surface area (Å²) in [6, 6.07) is -0.337. The molecule has 1 saturated heterocycles. The molecule has 1 heterocycles. The molecule has 0 radical (unpaired) electrons. The minimum atomic E-state index is -3.66. The van der Waals surface area contributed by atoms with Crippen LogP contribution >= 0.6 is 10.7 Å². The summed E-state index contributed by atoms with van der Waals surface area (Å²) in [5, 5.41) is 10.4. The third-order valence-electron chi connectivity index (χ3n) is 1.48. The third kappa shape index (κ3) is 2.23. The number of rotatable bonds is 2. The second-order valence-corrected chi connectivity index (χ2v) is 4.92. The molecule has 0 saturated carbocycles. The molecule has 1 aliphatic rings. The number of nitrogens with one attached hydrogen (secondary N) is 1. The summed E-state index contributed by atoms with van der Waals surface area (Å²) in [5.74, 6) is 0. The molecular weight excluding hydrogens is 208 g/mol. The van der Waals surface area contributed by atoms with Crippen molar-refractivity contribution in [2.45, 2.75) is 6.04 Å². The van der Waals surface area contributed by atoms with Crippen LogP contribution in [0.15, 0.2) is 0 Å². The molecule has 1 aliphatic heterocycles. The van der Waals surface area contributed by atoms with Gasteiger partial charge in [0.2, 0.25) is 0 Å². The predicted molar refractivity (Wildman–Crippen MR) is 41.3 cm³/mol. The first-order valence-corrected chi connectivity index (χ1v) is 5.35. The Hall–Kier alpha value is -0.530. The van der Waals surface area contributed by atoms with E-state index in [4.69, 9.17) is 15.8 Å². The number of amides is 1. The number of nitrogens with zero attached hydrogens (tertiary/aromatic N) is 1. The van der Waals surface area contributed by atoms with E-state index in [-0.39, 0.29) is 19.1 Å². The van der Waals surface area contributed by atoms with Crippen molar-refractivity contribution in [2.75, 3.05) is 13.1 Å². The summed E-state index contributed by atoms with van der Waals surface area (Å²) in [6.45, 7) is 0.219. The molecule has 0 aromatic heterocycles. The molecule has 0 atom stereocenters.